The van der Waals surface area contributed by atoms with Gasteiger partial charge in [0.05, 0.1) is 12.0 Å². The molecule has 7 heteroatoms. The van der Waals surface area contributed by atoms with Gasteiger partial charge in [-0.05, 0) is 45.5 Å². The topological polar surface area (TPSA) is 72.2 Å². The van der Waals surface area contributed by atoms with Crippen molar-refractivity contribution in [1.82, 2.24) is 20.2 Å². The monoisotopic (exact) mass is 521 g/mol. The van der Waals surface area contributed by atoms with E-state index in [4.69, 9.17) is 0 Å². The minimum absolute atomic E-state index is 0.0918. The molecule has 4 aromatic carbocycles. The highest BCUT2D eigenvalue weighted by Crippen LogP contribution is 2.29. The Hall–Kier alpha value is -3.97. The number of hydrazone groups is 1. The number of nitrogens with zero attached hydrogens (tertiary/aromatic N) is 4. The zero-order chi connectivity index (χ0) is 26.7. The molecule has 6 nitrogen and oxygen atoms in total. The number of hydrogen-bond donors (Lipinski definition) is 1. The van der Waals surface area contributed by atoms with Crippen molar-refractivity contribution in [3.8, 4) is 11.4 Å². The van der Waals surface area contributed by atoms with Crippen LogP contribution in [0, 0.1) is 0 Å². The van der Waals surface area contributed by atoms with Crippen molar-refractivity contribution in [2.75, 3.05) is 5.75 Å². The lowest BCUT2D eigenvalue weighted by Gasteiger charge is -2.19. The average molecular weight is 522 g/mol. The molecular weight excluding hydrogens is 490 g/mol. The first-order valence-electron chi connectivity index (χ1n) is 12.7. The van der Waals surface area contributed by atoms with Crippen molar-refractivity contribution >= 4 is 45.4 Å². The van der Waals surface area contributed by atoms with Gasteiger partial charge >= 0.3 is 0 Å². The molecule has 5 rings (SSSR count). The molecule has 38 heavy (non-hydrogen) atoms. The number of benzene rings is 4. The van der Waals surface area contributed by atoms with E-state index in [-0.39, 0.29) is 17.1 Å². The van der Waals surface area contributed by atoms with E-state index in [1.165, 1.54) is 17.3 Å². The lowest BCUT2D eigenvalue weighted by Crippen LogP contribution is -2.20. The lowest BCUT2D eigenvalue weighted by atomic mass is 9.87. The Bertz CT molecular complexity index is 1580. The molecule has 1 amide bonds. The van der Waals surface area contributed by atoms with Crippen LogP contribution in [0.3, 0.4) is 0 Å². The number of carbonyl (C=O) groups is 1. The summed E-state index contributed by atoms with van der Waals surface area (Å²) in [6, 6.07) is 27.0. The predicted octanol–water partition coefficient (Wildman–Crippen LogP) is 6.81. The summed E-state index contributed by atoms with van der Waals surface area (Å²) in [5.74, 6) is 0.795. The highest BCUT2D eigenvalue weighted by Gasteiger charge is 2.17. The first-order chi connectivity index (χ1) is 18.3. The number of fused-ring (bicyclic) bond motifs is 2. The van der Waals surface area contributed by atoms with Gasteiger partial charge < -0.3 is 4.57 Å². The third-order valence-electron chi connectivity index (χ3n) is 6.57. The Morgan fingerprint density at radius 2 is 1.58 bits per heavy atom. The second kappa shape index (κ2) is 10.8. The van der Waals surface area contributed by atoms with Crippen molar-refractivity contribution in [3.05, 3.63) is 90.0 Å². The van der Waals surface area contributed by atoms with E-state index in [9.17, 15) is 4.79 Å². The standard InChI is InChI=1S/C31H31N5OS/c1-5-36-29(21-14-16-24(17-15-21)31(2,3)4)34-35-30(36)38-20-28(37)33-32-19-27-25-12-8-6-10-22(25)18-23-11-7-9-13-26(23)27/h6-19H,5,20H2,1-4H3,(H,33,37)/b32-19-. The van der Waals surface area contributed by atoms with E-state index in [1.807, 2.05) is 28.8 Å². The normalized spacial score (nSPS) is 12.0. The van der Waals surface area contributed by atoms with Gasteiger partial charge in [0.1, 0.15) is 0 Å². The fourth-order valence-corrected chi connectivity index (χ4v) is 5.33. The number of carbonyl (C=O) groups excluding carboxylic acids is 1. The Kier molecular flexibility index (Phi) is 7.29. The van der Waals surface area contributed by atoms with Crippen molar-refractivity contribution in [2.45, 2.75) is 44.8 Å². The van der Waals surface area contributed by atoms with Crippen molar-refractivity contribution < 1.29 is 4.79 Å². The second-order valence-corrected chi connectivity index (χ2v) is 11.1. The molecule has 0 radical (unpaired) electrons. The first kappa shape index (κ1) is 25.7. The van der Waals surface area contributed by atoms with E-state index < -0.39 is 0 Å². The minimum Gasteiger partial charge on any atom is -0.302 e. The summed E-state index contributed by atoms with van der Waals surface area (Å²) >= 11 is 1.36. The molecule has 0 atom stereocenters. The van der Waals surface area contributed by atoms with E-state index in [2.05, 4.69) is 103 Å². The molecule has 1 aromatic heterocycles. The molecule has 1 N–H and O–H groups in total. The molecule has 192 valence electrons. The van der Waals surface area contributed by atoms with E-state index in [1.54, 1.807) is 6.21 Å². The smallest absolute Gasteiger partial charge is 0.250 e. The molecule has 0 spiro atoms. The summed E-state index contributed by atoms with van der Waals surface area (Å²) in [6.07, 6.45) is 1.74. The molecule has 0 bridgehead atoms. The summed E-state index contributed by atoms with van der Waals surface area (Å²) in [5.41, 5.74) is 6.04. The van der Waals surface area contributed by atoms with Crippen LogP contribution in [-0.4, -0.2) is 32.6 Å². The maximum Gasteiger partial charge on any atom is 0.250 e. The number of nitrogens with one attached hydrogen (secondary N) is 1. The predicted molar refractivity (Wildman–Crippen MR) is 158 cm³/mol. The van der Waals surface area contributed by atoms with E-state index >= 15 is 0 Å². The van der Waals surface area contributed by atoms with Gasteiger partial charge in [-0.1, -0.05) is 105 Å². The Morgan fingerprint density at radius 1 is 0.947 bits per heavy atom. The van der Waals surface area contributed by atoms with Gasteiger partial charge in [-0.25, -0.2) is 5.43 Å². The maximum atomic E-state index is 12.6. The molecule has 1 heterocycles. The quantitative estimate of drug-likeness (QED) is 0.110. The molecule has 0 fully saturated rings. The van der Waals surface area contributed by atoms with Gasteiger partial charge in [0.2, 0.25) is 0 Å². The zero-order valence-corrected chi connectivity index (χ0v) is 22.9. The van der Waals surface area contributed by atoms with E-state index in [0.717, 1.165) is 38.5 Å². The average Bonchev–Trinajstić information content (AvgIpc) is 3.34. The largest absolute Gasteiger partial charge is 0.302 e. The van der Waals surface area contributed by atoms with Gasteiger partial charge in [-0.15, -0.1) is 10.2 Å². The number of hydrogen-bond acceptors (Lipinski definition) is 5. The van der Waals surface area contributed by atoms with Crippen LogP contribution in [0.2, 0.25) is 0 Å². The van der Waals surface area contributed by atoms with Crippen LogP contribution in [0.5, 0.6) is 0 Å². The Balaban J connectivity index is 1.28. The lowest BCUT2D eigenvalue weighted by molar-refractivity contribution is -0.118. The molecule has 0 aliphatic carbocycles. The summed E-state index contributed by atoms with van der Waals surface area (Å²) in [7, 11) is 0. The second-order valence-electron chi connectivity index (χ2n) is 10.2. The van der Waals surface area contributed by atoms with Crippen LogP contribution in [0.4, 0.5) is 0 Å². The first-order valence-corrected chi connectivity index (χ1v) is 13.7. The van der Waals surface area contributed by atoms with Crippen molar-refractivity contribution in [3.63, 3.8) is 0 Å². The highest BCUT2D eigenvalue weighted by molar-refractivity contribution is 7.99. The van der Waals surface area contributed by atoms with Gasteiger partial charge in [0, 0.05) is 17.7 Å². The molecule has 0 aliphatic heterocycles. The Labute approximate surface area is 227 Å². The molecule has 0 saturated heterocycles. The van der Waals surface area contributed by atoms with Crippen LogP contribution in [0.1, 0.15) is 38.8 Å². The summed E-state index contributed by atoms with van der Waals surface area (Å²) in [6.45, 7) is 9.36. The van der Waals surface area contributed by atoms with Gasteiger partial charge in [-0.2, -0.15) is 5.10 Å². The fourth-order valence-electron chi connectivity index (χ4n) is 4.53. The number of amides is 1. The molecule has 0 saturated carbocycles. The third-order valence-corrected chi connectivity index (χ3v) is 7.54. The number of thioether (sulfide) groups is 1. The van der Waals surface area contributed by atoms with Crippen LogP contribution in [0.25, 0.3) is 32.9 Å². The number of rotatable bonds is 7. The van der Waals surface area contributed by atoms with Crippen LogP contribution < -0.4 is 5.43 Å². The molecule has 0 aliphatic rings. The van der Waals surface area contributed by atoms with E-state index in [0.29, 0.717) is 11.7 Å². The molecular formula is C31H31N5OS. The summed E-state index contributed by atoms with van der Waals surface area (Å²) in [5, 5.41) is 18.2. The zero-order valence-electron chi connectivity index (χ0n) is 22.1. The van der Waals surface area contributed by atoms with Crippen molar-refractivity contribution in [1.29, 1.82) is 0 Å². The minimum atomic E-state index is -0.197. The molecule has 0 unspecified atom stereocenters. The van der Waals surface area contributed by atoms with Crippen LogP contribution in [0.15, 0.2) is 89.1 Å². The summed E-state index contributed by atoms with van der Waals surface area (Å²) in [4.78, 5) is 12.6. The van der Waals surface area contributed by atoms with Crippen molar-refractivity contribution in [2.24, 2.45) is 5.10 Å². The van der Waals surface area contributed by atoms with Gasteiger partial charge in [0.25, 0.3) is 5.91 Å². The molecule has 5 aromatic rings. The highest BCUT2D eigenvalue weighted by atomic mass is 32.2. The SMILES string of the molecule is CCn1c(SCC(=O)N/N=C\c2c3ccccc3cc3ccccc23)nnc1-c1ccc(C(C)(C)C)cc1. The van der Waals surface area contributed by atoms with Crippen LogP contribution in [-0.2, 0) is 16.8 Å². The van der Waals surface area contributed by atoms with Crippen LogP contribution >= 0.6 is 11.8 Å². The summed E-state index contributed by atoms with van der Waals surface area (Å²) < 4.78 is 2.04. The fraction of sp³-hybridized carbons (Fsp3) is 0.226. The third kappa shape index (κ3) is 5.34. The Morgan fingerprint density at radius 3 is 2.18 bits per heavy atom. The van der Waals surface area contributed by atoms with Gasteiger partial charge in [0.15, 0.2) is 11.0 Å². The van der Waals surface area contributed by atoms with Gasteiger partial charge in [-0.3, -0.25) is 4.79 Å². The maximum absolute atomic E-state index is 12.6. The number of aromatic nitrogens is 3.